The lowest BCUT2D eigenvalue weighted by Crippen LogP contribution is -1.89. The first-order valence-corrected chi connectivity index (χ1v) is 4.37. The molecule has 1 heterocycles. The van der Waals surface area contributed by atoms with Gasteiger partial charge in [0.1, 0.15) is 0 Å². The van der Waals surface area contributed by atoms with Crippen LogP contribution in [0.5, 0.6) is 0 Å². The molecule has 0 aliphatic rings. The number of allylic oxidation sites excluding steroid dienone is 1. The Bertz CT molecular complexity index is 297. The monoisotopic (exact) mass is 167 g/mol. The molecule has 2 heteroatoms. The Hall–Kier alpha value is -0.760. The van der Waals surface area contributed by atoms with E-state index in [2.05, 4.69) is 13.5 Å². The summed E-state index contributed by atoms with van der Waals surface area (Å²) in [5.74, 6) is 0. The average Bonchev–Trinajstić information content (AvgIpc) is 2.07. The molecule has 1 aromatic rings. The van der Waals surface area contributed by atoms with E-state index in [0.29, 0.717) is 0 Å². The number of hydrogen-bond donors (Lipinski definition) is 1. The van der Waals surface area contributed by atoms with Crippen LogP contribution in [0.1, 0.15) is 22.2 Å². The van der Waals surface area contributed by atoms with Gasteiger partial charge >= 0.3 is 0 Å². The van der Waals surface area contributed by atoms with Crippen LogP contribution >= 0.6 is 11.3 Å². The number of thiophene rings is 1. The molecule has 1 rings (SSSR count). The van der Waals surface area contributed by atoms with Gasteiger partial charge in [-0.1, -0.05) is 6.58 Å². The largest absolute Gasteiger partial charge is 0.397 e. The third-order valence-electron chi connectivity index (χ3n) is 1.73. The number of aryl methyl sites for hydroxylation is 2. The molecule has 1 nitrogen and oxygen atoms in total. The van der Waals surface area contributed by atoms with Crippen molar-refractivity contribution in [2.24, 2.45) is 0 Å². The second kappa shape index (κ2) is 2.70. The van der Waals surface area contributed by atoms with Crippen molar-refractivity contribution >= 4 is 22.6 Å². The molecular formula is C9H13NS. The molecule has 0 aromatic carbocycles. The SMILES string of the molecule is C=C(C)c1c(C)sc(C)c1N. The minimum absolute atomic E-state index is 0.903. The summed E-state index contributed by atoms with van der Waals surface area (Å²) in [4.78, 5) is 2.47. The molecule has 60 valence electrons. The minimum atomic E-state index is 0.903. The van der Waals surface area contributed by atoms with E-state index < -0.39 is 0 Å². The van der Waals surface area contributed by atoms with Crippen LogP contribution in [0.3, 0.4) is 0 Å². The van der Waals surface area contributed by atoms with Gasteiger partial charge in [-0.05, 0) is 26.3 Å². The molecule has 0 aliphatic carbocycles. The Kier molecular flexibility index (Phi) is 2.05. The van der Waals surface area contributed by atoms with Crippen molar-refractivity contribution in [2.75, 3.05) is 5.73 Å². The highest BCUT2D eigenvalue weighted by molar-refractivity contribution is 7.12. The Balaban J connectivity index is 3.34. The maximum Gasteiger partial charge on any atom is 0.0531 e. The molecule has 0 unspecified atom stereocenters. The molecular weight excluding hydrogens is 154 g/mol. The van der Waals surface area contributed by atoms with Crippen molar-refractivity contribution in [3.63, 3.8) is 0 Å². The molecule has 0 bridgehead atoms. The second-order valence-electron chi connectivity index (χ2n) is 2.78. The van der Waals surface area contributed by atoms with E-state index in [1.54, 1.807) is 11.3 Å². The molecule has 0 radical (unpaired) electrons. The summed E-state index contributed by atoms with van der Waals surface area (Å²) in [5.41, 5.74) is 8.96. The van der Waals surface area contributed by atoms with Crippen molar-refractivity contribution in [1.82, 2.24) is 0 Å². The summed E-state index contributed by atoms with van der Waals surface area (Å²) in [7, 11) is 0. The maximum absolute atomic E-state index is 5.85. The highest BCUT2D eigenvalue weighted by Gasteiger charge is 2.09. The Morgan fingerprint density at radius 1 is 1.36 bits per heavy atom. The van der Waals surface area contributed by atoms with E-state index in [-0.39, 0.29) is 0 Å². The smallest absolute Gasteiger partial charge is 0.0531 e. The van der Waals surface area contributed by atoms with E-state index in [1.165, 1.54) is 9.75 Å². The summed E-state index contributed by atoms with van der Waals surface area (Å²) in [5, 5.41) is 0. The average molecular weight is 167 g/mol. The lowest BCUT2D eigenvalue weighted by Gasteiger charge is -1.99. The van der Waals surface area contributed by atoms with Gasteiger partial charge in [0.25, 0.3) is 0 Å². The predicted molar refractivity (Wildman–Crippen MR) is 52.9 cm³/mol. The van der Waals surface area contributed by atoms with Gasteiger partial charge in [-0.15, -0.1) is 11.3 Å². The molecule has 0 aliphatic heterocycles. The van der Waals surface area contributed by atoms with E-state index in [0.717, 1.165) is 16.8 Å². The summed E-state index contributed by atoms with van der Waals surface area (Å²) >= 11 is 1.74. The number of rotatable bonds is 1. The molecule has 0 spiro atoms. The summed E-state index contributed by atoms with van der Waals surface area (Å²) in [6, 6.07) is 0. The van der Waals surface area contributed by atoms with E-state index in [9.17, 15) is 0 Å². The zero-order chi connectivity index (χ0) is 8.59. The zero-order valence-corrected chi connectivity index (χ0v) is 8.01. The van der Waals surface area contributed by atoms with Crippen LogP contribution in [0.4, 0.5) is 5.69 Å². The lowest BCUT2D eigenvalue weighted by molar-refractivity contribution is 1.52. The Morgan fingerprint density at radius 2 is 1.91 bits per heavy atom. The van der Waals surface area contributed by atoms with Gasteiger partial charge in [0.2, 0.25) is 0 Å². The van der Waals surface area contributed by atoms with Gasteiger partial charge in [0.05, 0.1) is 5.69 Å². The normalized spacial score (nSPS) is 10.1. The second-order valence-corrected chi connectivity index (χ2v) is 4.21. The first-order chi connectivity index (χ1) is 5.04. The van der Waals surface area contributed by atoms with Crippen LogP contribution in [-0.4, -0.2) is 0 Å². The molecule has 0 saturated heterocycles. The molecule has 0 atom stereocenters. The minimum Gasteiger partial charge on any atom is -0.397 e. The van der Waals surface area contributed by atoms with Gasteiger partial charge < -0.3 is 5.73 Å². The highest BCUT2D eigenvalue weighted by atomic mass is 32.1. The van der Waals surface area contributed by atoms with Crippen molar-refractivity contribution in [3.05, 3.63) is 21.9 Å². The highest BCUT2D eigenvalue weighted by Crippen LogP contribution is 2.33. The quantitative estimate of drug-likeness (QED) is 0.683. The van der Waals surface area contributed by atoms with E-state index in [1.807, 2.05) is 13.8 Å². The van der Waals surface area contributed by atoms with Crippen LogP contribution in [-0.2, 0) is 0 Å². The molecule has 1 aromatic heterocycles. The Morgan fingerprint density at radius 3 is 2.09 bits per heavy atom. The first-order valence-electron chi connectivity index (χ1n) is 3.55. The van der Waals surface area contributed by atoms with Crippen LogP contribution in [0, 0.1) is 13.8 Å². The standard InChI is InChI=1S/C9H13NS/c1-5(2)8-6(3)11-7(4)9(8)10/h1,10H2,2-4H3. The number of anilines is 1. The van der Waals surface area contributed by atoms with Gasteiger partial charge in [-0.25, -0.2) is 0 Å². The molecule has 0 saturated carbocycles. The van der Waals surface area contributed by atoms with Crippen LogP contribution in [0.15, 0.2) is 6.58 Å². The van der Waals surface area contributed by atoms with Gasteiger partial charge in [-0.3, -0.25) is 0 Å². The number of nitrogens with two attached hydrogens (primary N) is 1. The van der Waals surface area contributed by atoms with Crippen LogP contribution in [0.25, 0.3) is 5.57 Å². The van der Waals surface area contributed by atoms with Gasteiger partial charge in [0, 0.05) is 15.3 Å². The van der Waals surface area contributed by atoms with Gasteiger partial charge in [0.15, 0.2) is 0 Å². The molecule has 0 amide bonds. The number of nitrogen functional groups attached to an aromatic ring is 1. The van der Waals surface area contributed by atoms with Crippen molar-refractivity contribution in [1.29, 1.82) is 0 Å². The third-order valence-corrected chi connectivity index (χ3v) is 2.77. The fourth-order valence-corrected chi connectivity index (χ4v) is 2.29. The molecule has 0 fully saturated rings. The summed E-state index contributed by atoms with van der Waals surface area (Å²) in [6.45, 7) is 10.0. The summed E-state index contributed by atoms with van der Waals surface area (Å²) in [6.07, 6.45) is 0. The lowest BCUT2D eigenvalue weighted by atomic mass is 10.1. The number of hydrogen-bond acceptors (Lipinski definition) is 2. The van der Waals surface area contributed by atoms with Crippen LogP contribution in [0.2, 0.25) is 0 Å². The predicted octanol–water partition coefficient (Wildman–Crippen LogP) is 2.98. The fraction of sp³-hybridized carbons (Fsp3) is 0.333. The van der Waals surface area contributed by atoms with Crippen LogP contribution < -0.4 is 5.73 Å². The fourth-order valence-electron chi connectivity index (χ4n) is 1.23. The molecule has 11 heavy (non-hydrogen) atoms. The third kappa shape index (κ3) is 1.31. The van der Waals surface area contributed by atoms with E-state index >= 15 is 0 Å². The first kappa shape index (κ1) is 8.34. The Labute approximate surface area is 71.5 Å². The van der Waals surface area contributed by atoms with E-state index in [4.69, 9.17) is 5.73 Å². The summed E-state index contributed by atoms with van der Waals surface area (Å²) < 4.78 is 0. The zero-order valence-electron chi connectivity index (χ0n) is 7.19. The van der Waals surface area contributed by atoms with Gasteiger partial charge in [-0.2, -0.15) is 0 Å². The van der Waals surface area contributed by atoms with Crippen molar-refractivity contribution < 1.29 is 0 Å². The maximum atomic E-state index is 5.85. The van der Waals surface area contributed by atoms with Crippen molar-refractivity contribution in [2.45, 2.75) is 20.8 Å². The molecule has 2 N–H and O–H groups in total. The van der Waals surface area contributed by atoms with Crippen molar-refractivity contribution in [3.8, 4) is 0 Å². The topological polar surface area (TPSA) is 26.0 Å².